The maximum absolute atomic E-state index is 5.13. The Hall–Kier alpha value is -0.0513. The van der Waals surface area contributed by atoms with Gasteiger partial charge >= 0.3 is 175 Å². The van der Waals surface area contributed by atoms with Crippen molar-refractivity contribution in [2.75, 3.05) is 0 Å². The summed E-state index contributed by atoms with van der Waals surface area (Å²) in [7, 11) is 0. The van der Waals surface area contributed by atoms with Crippen LogP contribution < -0.4 is 3.71 Å². The van der Waals surface area contributed by atoms with E-state index in [2.05, 4.69) is 46.0 Å². The van der Waals surface area contributed by atoms with Gasteiger partial charge in [0, 0.05) is 0 Å². The van der Waals surface area contributed by atoms with Gasteiger partial charge in [-0.25, -0.2) is 0 Å². The van der Waals surface area contributed by atoms with Gasteiger partial charge in [0.05, 0.1) is 0 Å². The van der Waals surface area contributed by atoms with E-state index < -0.39 is 18.4 Å². The van der Waals surface area contributed by atoms with Crippen LogP contribution in [0.2, 0.25) is 13.3 Å². The third-order valence-corrected chi connectivity index (χ3v) is 21.4. The number of aromatic nitrogens is 1. The Balaban J connectivity index is 2.73. The van der Waals surface area contributed by atoms with Gasteiger partial charge < -0.3 is 0 Å². The van der Waals surface area contributed by atoms with E-state index in [4.69, 9.17) is 4.98 Å². The first-order chi connectivity index (χ1) is 13.2. The van der Waals surface area contributed by atoms with E-state index in [1.165, 1.54) is 102 Å². The minimum atomic E-state index is -2.31. The van der Waals surface area contributed by atoms with Gasteiger partial charge in [0.2, 0.25) is 0 Å². The van der Waals surface area contributed by atoms with Crippen LogP contribution in [-0.4, -0.2) is 23.4 Å². The Kier molecular flexibility index (Phi) is 14.6. The molecule has 1 heterocycles. The molecule has 0 aliphatic heterocycles. The van der Waals surface area contributed by atoms with Crippen molar-refractivity contribution in [2.24, 2.45) is 0 Å². The molecule has 0 aromatic carbocycles. The molecule has 1 rings (SSSR count). The molecule has 1 nitrogen and oxygen atoms in total. The van der Waals surface area contributed by atoms with Crippen LogP contribution in [0.3, 0.4) is 0 Å². The van der Waals surface area contributed by atoms with Crippen LogP contribution in [0.25, 0.3) is 0 Å². The van der Waals surface area contributed by atoms with Crippen molar-refractivity contribution in [2.45, 2.75) is 124 Å². The van der Waals surface area contributed by atoms with Crippen LogP contribution in [0.4, 0.5) is 0 Å². The van der Waals surface area contributed by atoms with Gasteiger partial charge in [-0.2, -0.15) is 0 Å². The zero-order valence-corrected chi connectivity index (χ0v) is 21.8. The SMILES string of the molecule is CCCCCCCCc1cc[c]([Sn]([CH2]CCC)([CH2]CCC)[CH2]CCC)nc1. The number of aryl methyl sites for hydroxylation is 1. The number of pyridine rings is 1. The summed E-state index contributed by atoms with van der Waals surface area (Å²) in [6.07, 6.45) is 20.0. The van der Waals surface area contributed by atoms with Crippen molar-refractivity contribution in [1.29, 1.82) is 0 Å². The van der Waals surface area contributed by atoms with Gasteiger partial charge in [0.25, 0.3) is 0 Å². The molecule has 0 unspecified atom stereocenters. The van der Waals surface area contributed by atoms with Gasteiger partial charge in [-0.05, 0) is 0 Å². The van der Waals surface area contributed by atoms with Gasteiger partial charge in [0.1, 0.15) is 0 Å². The summed E-state index contributed by atoms with van der Waals surface area (Å²) < 4.78 is 6.16. The molecule has 1 aromatic rings. The second-order valence-electron chi connectivity index (χ2n) is 8.66. The third-order valence-electron chi connectivity index (χ3n) is 6.21. The van der Waals surface area contributed by atoms with E-state index in [9.17, 15) is 0 Å². The summed E-state index contributed by atoms with van der Waals surface area (Å²) in [4.78, 5) is 5.13. The zero-order chi connectivity index (χ0) is 19.8. The summed E-state index contributed by atoms with van der Waals surface area (Å²) in [6.45, 7) is 9.35. The van der Waals surface area contributed by atoms with Crippen LogP contribution in [0.15, 0.2) is 18.3 Å². The fourth-order valence-electron chi connectivity index (χ4n) is 4.30. The van der Waals surface area contributed by atoms with E-state index in [1.54, 1.807) is 3.71 Å². The van der Waals surface area contributed by atoms with Crippen LogP contribution in [-0.2, 0) is 6.42 Å². The fourth-order valence-corrected chi connectivity index (χ4v) is 19.7. The molecule has 0 bridgehead atoms. The first kappa shape index (κ1) is 25.0. The molecule has 0 fully saturated rings. The number of unbranched alkanes of at least 4 members (excludes halogenated alkanes) is 8. The summed E-state index contributed by atoms with van der Waals surface area (Å²) in [5.41, 5.74) is 1.47. The van der Waals surface area contributed by atoms with Gasteiger partial charge in [-0.1, -0.05) is 0 Å². The standard InChI is InChI=1S/C13H20N.3C4H9.Sn/c1-2-3-4-5-6-7-9-13-10-8-11-14-12-13;3*1-3-4-2;/h8,10,12H,2-7,9H2,1H3;3*1,3-4H2,2H3;. The topological polar surface area (TPSA) is 12.9 Å². The Morgan fingerprint density at radius 3 is 1.63 bits per heavy atom. The van der Waals surface area contributed by atoms with Crippen molar-refractivity contribution >= 4 is 22.1 Å². The van der Waals surface area contributed by atoms with Gasteiger partial charge in [-0.15, -0.1) is 0 Å². The molecular formula is C25H47NSn. The zero-order valence-electron chi connectivity index (χ0n) is 19.0. The molecule has 0 saturated carbocycles. The van der Waals surface area contributed by atoms with E-state index in [-0.39, 0.29) is 0 Å². The number of rotatable bonds is 17. The van der Waals surface area contributed by atoms with Crippen LogP contribution in [0.5, 0.6) is 0 Å². The minimum absolute atomic E-state index is 1.22. The van der Waals surface area contributed by atoms with Crippen LogP contribution in [0.1, 0.15) is 110 Å². The van der Waals surface area contributed by atoms with E-state index in [0.29, 0.717) is 0 Å². The normalized spacial score (nSPS) is 11.9. The number of hydrogen-bond acceptors (Lipinski definition) is 1. The molecule has 0 atom stereocenters. The number of nitrogens with zero attached hydrogens (tertiary/aromatic N) is 1. The van der Waals surface area contributed by atoms with E-state index in [1.807, 2.05) is 0 Å². The van der Waals surface area contributed by atoms with E-state index >= 15 is 0 Å². The molecule has 0 aliphatic carbocycles. The molecular weight excluding hydrogens is 433 g/mol. The average molecular weight is 480 g/mol. The molecule has 0 saturated heterocycles. The Labute approximate surface area is 175 Å². The quantitative estimate of drug-likeness (QED) is 0.162. The second-order valence-corrected chi connectivity index (χ2v) is 21.7. The monoisotopic (exact) mass is 481 g/mol. The van der Waals surface area contributed by atoms with Crippen molar-refractivity contribution in [3.63, 3.8) is 0 Å². The van der Waals surface area contributed by atoms with Crippen LogP contribution in [0, 0.1) is 0 Å². The molecule has 1 aromatic heterocycles. The predicted octanol–water partition coefficient (Wildman–Crippen LogP) is 8.04. The molecule has 0 radical (unpaired) electrons. The summed E-state index contributed by atoms with van der Waals surface area (Å²) in [6, 6.07) is 4.91. The van der Waals surface area contributed by atoms with Gasteiger partial charge in [0.15, 0.2) is 0 Å². The first-order valence-electron chi connectivity index (χ1n) is 12.2. The molecule has 0 N–H and O–H groups in total. The molecule has 156 valence electrons. The predicted molar refractivity (Wildman–Crippen MR) is 126 cm³/mol. The number of hydrogen-bond donors (Lipinski definition) is 0. The maximum atomic E-state index is 5.13. The molecule has 0 spiro atoms. The third kappa shape index (κ3) is 9.81. The molecule has 0 aliphatic rings. The van der Waals surface area contributed by atoms with E-state index in [0.717, 1.165) is 0 Å². The van der Waals surface area contributed by atoms with Crippen molar-refractivity contribution in [3.05, 3.63) is 23.9 Å². The fraction of sp³-hybridized carbons (Fsp3) is 0.800. The van der Waals surface area contributed by atoms with Crippen molar-refractivity contribution < 1.29 is 0 Å². The van der Waals surface area contributed by atoms with Gasteiger partial charge in [-0.3, -0.25) is 0 Å². The first-order valence-corrected chi connectivity index (χ1v) is 19.7. The molecule has 2 heteroatoms. The van der Waals surface area contributed by atoms with Crippen LogP contribution >= 0.6 is 0 Å². The summed E-state index contributed by atoms with van der Waals surface area (Å²) in [5, 5.41) is 0. The average Bonchev–Trinajstić information content (AvgIpc) is 2.71. The molecule has 27 heavy (non-hydrogen) atoms. The Bertz CT molecular complexity index is 432. The van der Waals surface area contributed by atoms with Crippen molar-refractivity contribution in [1.82, 2.24) is 4.98 Å². The Morgan fingerprint density at radius 2 is 1.15 bits per heavy atom. The Morgan fingerprint density at radius 1 is 0.630 bits per heavy atom. The van der Waals surface area contributed by atoms with Crippen molar-refractivity contribution in [3.8, 4) is 0 Å². The second kappa shape index (κ2) is 15.8. The molecule has 0 amide bonds. The summed E-state index contributed by atoms with van der Waals surface area (Å²) >= 11 is -2.31. The summed E-state index contributed by atoms with van der Waals surface area (Å²) in [5.74, 6) is 0.